The second-order valence-corrected chi connectivity index (χ2v) is 9.11. The zero-order chi connectivity index (χ0) is 18.1. The van der Waals surface area contributed by atoms with Crippen molar-refractivity contribution in [1.82, 2.24) is 4.90 Å². The van der Waals surface area contributed by atoms with Crippen molar-refractivity contribution >= 4 is 27.2 Å². The molecule has 26 heavy (non-hydrogen) atoms. The van der Waals surface area contributed by atoms with Crippen molar-refractivity contribution in [2.24, 2.45) is 11.8 Å². The van der Waals surface area contributed by atoms with Crippen LogP contribution in [0.3, 0.4) is 0 Å². The number of halogens is 3. The average Bonchev–Trinajstić information content (AvgIpc) is 3.26. The van der Waals surface area contributed by atoms with E-state index >= 15 is 0 Å². The highest BCUT2D eigenvalue weighted by atomic mass is 32.1. The van der Waals surface area contributed by atoms with Crippen LogP contribution in [0.2, 0.25) is 0 Å². The summed E-state index contributed by atoms with van der Waals surface area (Å²) in [6.45, 7) is 2.33. The number of alkyl halides is 3. The Hall–Kier alpha value is -1.40. The largest absolute Gasteiger partial charge is 0.416 e. The molecule has 0 N–H and O–H groups in total. The van der Waals surface area contributed by atoms with Gasteiger partial charge in [-0.15, -0.1) is 11.3 Å². The van der Waals surface area contributed by atoms with Gasteiger partial charge < -0.3 is 0 Å². The Balaban J connectivity index is 1.40. The molecule has 4 heterocycles. The molecule has 0 amide bonds. The first kappa shape index (κ1) is 16.8. The summed E-state index contributed by atoms with van der Waals surface area (Å²) in [6, 6.07) is 5.38. The van der Waals surface area contributed by atoms with Gasteiger partial charge in [0.2, 0.25) is 0 Å². The SMILES string of the molecule is O=C(CC1C2CCN(CC2)C12CC2)c1cc2cc(C(F)(F)F)ccc2s1. The molecule has 138 valence electrons. The number of ketones is 1. The van der Waals surface area contributed by atoms with Gasteiger partial charge in [0.1, 0.15) is 0 Å². The lowest BCUT2D eigenvalue weighted by molar-refractivity contribution is -0.137. The van der Waals surface area contributed by atoms with Gasteiger partial charge in [-0.2, -0.15) is 13.2 Å². The van der Waals surface area contributed by atoms with Crippen LogP contribution in [0.1, 0.15) is 47.3 Å². The number of rotatable bonds is 3. The normalized spacial score (nSPS) is 29.4. The summed E-state index contributed by atoms with van der Waals surface area (Å²) in [4.78, 5) is 16.1. The van der Waals surface area contributed by atoms with Gasteiger partial charge in [-0.1, -0.05) is 0 Å². The molecule has 4 fully saturated rings. The molecule has 1 aliphatic carbocycles. The molecule has 1 atom stereocenters. The van der Waals surface area contributed by atoms with E-state index < -0.39 is 11.7 Å². The molecule has 1 unspecified atom stereocenters. The van der Waals surface area contributed by atoms with E-state index in [9.17, 15) is 18.0 Å². The van der Waals surface area contributed by atoms with Gasteiger partial charge in [0.15, 0.2) is 5.78 Å². The summed E-state index contributed by atoms with van der Waals surface area (Å²) in [5.74, 6) is 1.16. The summed E-state index contributed by atoms with van der Waals surface area (Å²) in [6.07, 6.45) is 0.947. The zero-order valence-corrected chi connectivity index (χ0v) is 15.1. The highest BCUT2D eigenvalue weighted by Crippen LogP contribution is 2.58. The first-order valence-electron chi connectivity index (χ1n) is 9.26. The topological polar surface area (TPSA) is 20.3 Å². The maximum atomic E-state index is 12.9. The molecule has 4 aliphatic rings. The predicted octanol–water partition coefficient (Wildman–Crippen LogP) is 5.37. The van der Waals surface area contributed by atoms with Crippen LogP contribution >= 0.6 is 11.3 Å². The van der Waals surface area contributed by atoms with Crippen LogP contribution in [0.5, 0.6) is 0 Å². The third-order valence-electron chi connectivity index (χ3n) is 6.71. The Morgan fingerprint density at radius 3 is 2.58 bits per heavy atom. The second-order valence-electron chi connectivity index (χ2n) is 8.02. The number of benzene rings is 1. The molecule has 2 aromatic rings. The standard InChI is InChI=1S/C20H20F3NOS/c21-20(22,23)14-1-2-17-13(9-14)10-18(26-17)16(25)11-15-12-3-7-24(8-4-12)19(15)5-6-19/h1-2,9-10,12,15H,3-8,11H2. The molecule has 2 nitrogen and oxygen atoms in total. The van der Waals surface area contributed by atoms with E-state index in [1.165, 1.54) is 56.2 Å². The Labute approximate surface area is 154 Å². The minimum atomic E-state index is -4.35. The predicted molar refractivity (Wildman–Crippen MR) is 95.5 cm³/mol. The Kier molecular flexibility index (Phi) is 3.58. The van der Waals surface area contributed by atoms with Crippen molar-refractivity contribution in [2.45, 2.75) is 43.8 Å². The highest BCUT2D eigenvalue weighted by Gasteiger charge is 2.60. The molecular weight excluding hydrogens is 359 g/mol. The van der Waals surface area contributed by atoms with Gasteiger partial charge in [-0.25, -0.2) is 0 Å². The van der Waals surface area contributed by atoms with E-state index in [4.69, 9.17) is 0 Å². The number of piperidine rings is 3. The number of carbonyl (C=O) groups excluding carboxylic acids is 1. The summed E-state index contributed by atoms with van der Waals surface area (Å²) >= 11 is 1.32. The number of fused-ring (bicyclic) bond motifs is 3. The van der Waals surface area contributed by atoms with Gasteiger partial charge in [0.05, 0.1) is 10.4 Å². The third kappa shape index (κ3) is 2.53. The van der Waals surface area contributed by atoms with Crippen molar-refractivity contribution in [3.8, 4) is 0 Å². The average molecular weight is 379 g/mol. The van der Waals surface area contributed by atoms with Crippen LogP contribution in [0.25, 0.3) is 10.1 Å². The molecule has 6 rings (SSSR count). The van der Waals surface area contributed by atoms with Crippen molar-refractivity contribution in [3.63, 3.8) is 0 Å². The molecular formula is C20H20F3NOS. The second kappa shape index (κ2) is 5.55. The van der Waals surface area contributed by atoms with E-state index in [0.717, 1.165) is 16.8 Å². The minimum Gasteiger partial charge on any atom is -0.297 e. The summed E-state index contributed by atoms with van der Waals surface area (Å²) < 4.78 is 39.4. The lowest BCUT2D eigenvalue weighted by atomic mass is 9.70. The molecule has 1 saturated carbocycles. The maximum Gasteiger partial charge on any atom is 0.416 e. The summed E-state index contributed by atoms with van der Waals surface area (Å²) in [7, 11) is 0. The van der Waals surface area contributed by atoms with E-state index in [1.807, 2.05) is 0 Å². The van der Waals surface area contributed by atoms with Crippen LogP contribution in [-0.4, -0.2) is 29.3 Å². The van der Waals surface area contributed by atoms with E-state index in [2.05, 4.69) is 4.90 Å². The highest BCUT2D eigenvalue weighted by molar-refractivity contribution is 7.20. The number of hydrogen-bond donors (Lipinski definition) is 0. The third-order valence-corrected chi connectivity index (χ3v) is 7.87. The number of hydrogen-bond acceptors (Lipinski definition) is 3. The lowest BCUT2D eigenvalue weighted by Gasteiger charge is -2.52. The van der Waals surface area contributed by atoms with Crippen molar-refractivity contribution in [2.75, 3.05) is 13.1 Å². The lowest BCUT2D eigenvalue weighted by Crippen LogP contribution is -2.57. The molecule has 1 aromatic heterocycles. The summed E-state index contributed by atoms with van der Waals surface area (Å²) in [5, 5.41) is 0.517. The van der Waals surface area contributed by atoms with E-state index in [-0.39, 0.29) is 11.3 Å². The monoisotopic (exact) mass is 379 g/mol. The molecule has 3 saturated heterocycles. The van der Waals surface area contributed by atoms with Gasteiger partial charge in [-0.05, 0) is 80.3 Å². The maximum absolute atomic E-state index is 12.9. The van der Waals surface area contributed by atoms with Crippen molar-refractivity contribution < 1.29 is 18.0 Å². The molecule has 0 radical (unpaired) electrons. The van der Waals surface area contributed by atoms with Gasteiger partial charge in [0, 0.05) is 16.7 Å². The van der Waals surface area contributed by atoms with Gasteiger partial charge in [0.25, 0.3) is 0 Å². The van der Waals surface area contributed by atoms with Crippen LogP contribution < -0.4 is 0 Å². The Morgan fingerprint density at radius 2 is 1.92 bits per heavy atom. The van der Waals surface area contributed by atoms with E-state index in [0.29, 0.717) is 28.5 Å². The fourth-order valence-corrected chi connectivity index (χ4v) is 6.24. The van der Waals surface area contributed by atoms with Crippen molar-refractivity contribution in [1.29, 1.82) is 0 Å². The van der Waals surface area contributed by atoms with Crippen LogP contribution in [0.15, 0.2) is 24.3 Å². The molecule has 6 heteroatoms. The van der Waals surface area contributed by atoms with Crippen LogP contribution in [-0.2, 0) is 6.18 Å². The number of Topliss-reactive ketones (excluding diaryl/α,β-unsaturated/α-hetero) is 1. The van der Waals surface area contributed by atoms with Gasteiger partial charge in [-0.3, -0.25) is 9.69 Å². The minimum absolute atomic E-state index is 0.102. The summed E-state index contributed by atoms with van der Waals surface area (Å²) in [5.41, 5.74) is -0.395. The van der Waals surface area contributed by atoms with Crippen LogP contribution in [0, 0.1) is 11.8 Å². The number of carbonyl (C=O) groups is 1. The molecule has 3 aliphatic heterocycles. The van der Waals surface area contributed by atoms with Crippen molar-refractivity contribution in [3.05, 3.63) is 34.7 Å². The number of thiophene rings is 1. The zero-order valence-electron chi connectivity index (χ0n) is 14.3. The fourth-order valence-electron chi connectivity index (χ4n) is 5.25. The smallest absolute Gasteiger partial charge is 0.297 e. The van der Waals surface area contributed by atoms with E-state index in [1.54, 1.807) is 6.07 Å². The Morgan fingerprint density at radius 1 is 1.19 bits per heavy atom. The quantitative estimate of drug-likeness (QED) is 0.669. The Bertz CT molecular complexity index is 875. The first-order valence-corrected chi connectivity index (χ1v) is 10.1. The molecule has 2 bridgehead atoms. The molecule has 1 aromatic carbocycles. The first-order chi connectivity index (χ1) is 12.4. The van der Waals surface area contributed by atoms with Crippen LogP contribution in [0.4, 0.5) is 13.2 Å². The molecule has 1 spiro atoms. The fraction of sp³-hybridized carbons (Fsp3) is 0.550. The number of nitrogens with zero attached hydrogens (tertiary/aromatic N) is 1. The van der Waals surface area contributed by atoms with Gasteiger partial charge >= 0.3 is 6.18 Å².